The average molecular weight is 195 g/mol. The van der Waals surface area contributed by atoms with E-state index in [-0.39, 0.29) is 5.78 Å². The minimum Gasteiger partial charge on any atom is -0.318 e. The average Bonchev–Trinajstić information content (AvgIpc) is 2.47. The summed E-state index contributed by atoms with van der Waals surface area (Å²) in [6.07, 6.45) is 3.41. The maximum absolute atomic E-state index is 11.8. The SMILES string of the molecule is Cn1cc(C(N)C(=O)C(C)(C)C)cn1. The van der Waals surface area contributed by atoms with E-state index in [2.05, 4.69) is 5.10 Å². The van der Waals surface area contributed by atoms with Gasteiger partial charge in [0.2, 0.25) is 0 Å². The number of nitrogens with two attached hydrogens (primary N) is 1. The lowest BCUT2D eigenvalue weighted by molar-refractivity contribution is -0.127. The van der Waals surface area contributed by atoms with Gasteiger partial charge < -0.3 is 5.73 Å². The number of carbonyl (C=O) groups is 1. The lowest BCUT2D eigenvalue weighted by Crippen LogP contribution is -2.31. The molecule has 0 aliphatic heterocycles. The van der Waals surface area contributed by atoms with Gasteiger partial charge in [0.25, 0.3) is 0 Å². The van der Waals surface area contributed by atoms with E-state index in [0.29, 0.717) is 0 Å². The maximum Gasteiger partial charge on any atom is 0.159 e. The van der Waals surface area contributed by atoms with E-state index in [4.69, 9.17) is 5.73 Å². The van der Waals surface area contributed by atoms with E-state index in [1.165, 1.54) is 0 Å². The fraction of sp³-hybridized carbons (Fsp3) is 0.600. The van der Waals surface area contributed by atoms with E-state index in [1.54, 1.807) is 24.1 Å². The Morgan fingerprint density at radius 1 is 1.57 bits per heavy atom. The molecular formula is C10H17N3O. The molecule has 14 heavy (non-hydrogen) atoms. The van der Waals surface area contributed by atoms with E-state index >= 15 is 0 Å². The number of aryl methyl sites for hydroxylation is 1. The van der Waals surface area contributed by atoms with Crippen molar-refractivity contribution in [2.75, 3.05) is 0 Å². The van der Waals surface area contributed by atoms with E-state index < -0.39 is 11.5 Å². The Morgan fingerprint density at radius 3 is 2.50 bits per heavy atom. The van der Waals surface area contributed by atoms with E-state index in [1.807, 2.05) is 20.8 Å². The summed E-state index contributed by atoms with van der Waals surface area (Å²) in [6.45, 7) is 5.60. The van der Waals surface area contributed by atoms with Gasteiger partial charge in [-0.2, -0.15) is 5.10 Å². The Kier molecular flexibility index (Phi) is 2.76. The molecule has 2 N–H and O–H groups in total. The predicted molar refractivity (Wildman–Crippen MR) is 54.6 cm³/mol. The topological polar surface area (TPSA) is 60.9 Å². The third-order valence-corrected chi connectivity index (χ3v) is 2.11. The van der Waals surface area contributed by atoms with Crippen molar-refractivity contribution in [1.29, 1.82) is 0 Å². The highest BCUT2D eigenvalue weighted by atomic mass is 16.1. The molecule has 0 radical (unpaired) electrons. The zero-order valence-corrected chi connectivity index (χ0v) is 9.11. The normalized spacial score (nSPS) is 14.1. The number of hydrogen-bond acceptors (Lipinski definition) is 3. The number of nitrogens with zero attached hydrogens (tertiary/aromatic N) is 2. The van der Waals surface area contributed by atoms with Gasteiger partial charge in [0, 0.05) is 24.2 Å². The molecule has 0 aromatic carbocycles. The second-order valence-electron chi connectivity index (χ2n) is 4.54. The van der Waals surface area contributed by atoms with Gasteiger partial charge in [0.1, 0.15) is 0 Å². The number of Topliss-reactive ketones (excluding diaryl/α,β-unsaturated/α-hetero) is 1. The van der Waals surface area contributed by atoms with E-state index in [0.717, 1.165) is 5.56 Å². The second-order valence-corrected chi connectivity index (χ2v) is 4.54. The van der Waals surface area contributed by atoms with Gasteiger partial charge in [-0.05, 0) is 0 Å². The van der Waals surface area contributed by atoms with Crippen molar-refractivity contribution in [3.63, 3.8) is 0 Å². The van der Waals surface area contributed by atoms with Crippen LogP contribution in [-0.2, 0) is 11.8 Å². The summed E-state index contributed by atoms with van der Waals surface area (Å²) in [7, 11) is 1.80. The molecule has 0 amide bonds. The van der Waals surface area contributed by atoms with Crippen LogP contribution in [0.25, 0.3) is 0 Å². The van der Waals surface area contributed by atoms with Crippen molar-refractivity contribution in [2.45, 2.75) is 26.8 Å². The molecule has 1 unspecified atom stereocenters. The van der Waals surface area contributed by atoms with Crippen molar-refractivity contribution in [1.82, 2.24) is 9.78 Å². The molecule has 78 valence electrons. The molecule has 0 bridgehead atoms. The molecule has 1 aromatic rings. The number of carbonyl (C=O) groups excluding carboxylic acids is 1. The van der Waals surface area contributed by atoms with Crippen molar-refractivity contribution in [3.05, 3.63) is 18.0 Å². The summed E-state index contributed by atoms with van der Waals surface area (Å²) in [5, 5.41) is 3.99. The summed E-state index contributed by atoms with van der Waals surface area (Å²) in [5.74, 6) is 0.0329. The highest BCUT2D eigenvalue weighted by Gasteiger charge is 2.28. The zero-order chi connectivity index (χ0) is 10.9. The lowest BCUT2D eigenvalue weighted by atomic mass is 9.85. The molecular weight excluding hydrogens is 178 g/mol. The smallest absolute Gasteiger partial charge is 0.159 e. The molecule has 0 saturated carbocycles. The Labute approximate surface area is 84.1 Å². The largest absolute Gasteiger partial charge is 0.318 e. The first-order valence-electron chi connectivity index (χ1n) is 4.61. The third-order valence-electron chi connectivity index (χ3n) is 2.11. The van der Waals surface area contributed by atoms with Crippen LogP contribution < -0.4 is 5.73 Å². The fourth-order valence-corrected chi connectivity index (χ4v) is 1.22. The molecule has 1 heterocycles. The Morgan fingerprint density at radius 2 is 2.14 bits per heavy atom. The zero-order valence-electron chi connectivity index (χ0n) is 9.11. The Balaban J connectivity index is 2.86. The number of aromatic nitrogens is 2. The molecule has 0 saturated heterocycles. The minimum absolute atomic E-state index is 0.0329. The molecule has 0 aliphatic rings. The van der Waals surface area contributed by atoms with Crippen molar-refractivity contribution in [2.24, 2.45) is 18.2 Å². The van der Waals surface area contributed by atoms with Crippen LogP contribution in [0, 0.1) is 5.41 Å². The number of hydrogen-bond donors (Lipinski definition) is 1. The lowest BCUT2D eigenvalue weighted by Gasteiger charge is -2.20. The summed E-state index contributed by atoms with van der Waals surface area (Å²) < 4.78 is 1.64. The highest BCUT2D eigenvalue weighted by molar-refractivity contribution is 5.89. The molecule has 0 fully saturated rings. The first-order chi connectivity index (χ1) is 6.32. The monoisotopic (exact) mass is 195 g/mol. The summed E-state index contributed by atoms with van der Waals surface area (Å²) in [6, 6.07) is -0.566. The quantitative estimate of drug-likeness (QED) is 0.766. The first kappa shape index (κ1) is 10.9. The summed E-state index contributed by atoms with van der Waals surface area (Å²) >= 11 is 0. The van der Waals surface area contributed by atoms with Crippen molar-refractivity contribution < 1.29 is 4.79 Å². The second kappa shape index (κ2) is 3.53. The van der Waals surface area contributed by atoms with Gasteiger partial charge in [-0.3, -0.25) is 9.48 Å². The van der Waals surface area contributed by atoms with Crippen LogP contribution in [-0.4, -0.2) is 15.6 Å². The van der Waals surface area contributed by atoms with Crippen LogP contribution in [0.3, 0.4) is 0 Å². The molecule has 1 rings (SSSR count). The predicted octanol–water partition coefficient (Wildman–Crippen LogP) is 1.04. The number of rotatable bonds is 2. The van der Waals surface area contributed by atoms with Gasteiger partial charge in [-0.1, -0.05) is 20.8 Å². The van der Waals surface area contributed by atoms with Crippen LogP contribution in [0.2, 0.25) is 0 Å². The maximum atomic E-state index is 11.8. The van der Waals surface area contributed by atoms with Crippen LogP contribution in [0.15, 0.2) is 12.4 Å². The highest BCUT2D eigenvalue weighted by Crippen LogP contribution is 2.23. The fourth-order valence-electron chi connectivity index (χ4n) is 1.22. The van der Waals surface area contributed by atoms with Crippen LogP contribution >= 0.6 is 0 Å². The molecule has 4 nitrogen and oxygen atoms in total. The van der Waals surface area contributed by atoms with Gasteiger partial charge >= 0.3 is 0 Å². The standard InChI is InChI=1S/C10H17N3O/c1-10(2,3)9(14)8(11)7-5-12-13(4)6-7/h5-6,8H,11H2,1-4H3. The van der Waals surface area contributed by atoms with Crippen molar-refractivity contribution in [3.8, 4) is 0 Å². The van der Waals surface area contributed by atoms with Gasteiger partial charge in [-0.25, -0.2) is 0 Å². The first-order valence-corrected chi connectivity index (χ1v) is 4.61. The van der Waals surface area contributed by atoms with E-state index in [9.17, 15) is 4.79 Å². The van der Waals surface area contributed by atoms with Gasteiger partial charge in [-0.15, -0.1) is 0 Å². The van der Waals surface area contributed by atoms with Crippen LogP contribution in [0.1, 0.15) is 32.4 Å². The Hall–Kier alpha value is -1.16. The minimum atomic E-state index is -0.566. The molecule has 1 aromatic heterocycles. The Bertz CT molecular complexity index is 335. The summed E-state index contributed by atoms with van der Waals surface area (Å²) in [5.41, 5.74) is 6.20. The van der Waals surface area contributed by atoms with Gasteiger partial charge in [0.05, 0.1) is 12.2 Å². The summed E-state index contributed by atoms with van der Waals surface area (Å²) in [4.78, 5) is 11.8. The third kappa shape index (κ3) is 2.20. The molecule has 4 heteroatoms. The van der Waals surface area contributed by atoms with Crippen molar-refractivity contribution >= 4 is 5.78 Å². The number of ketones is 1. The molecule has 0 aliphatic carbocycles. The van der Waals surface area contributed by atoms with Gasteiger partial charge in [0.15, 0.2) is 5.78 Å². The van der Waals surface area contributed by atoms with Crippen LogP contribution in [0.4, 0.5) is 0 Å². The van der Waals surface area contributed by atoms with Crippen LogP contribution in [0.5, 0.6) is 0 Å². The molecule has 1 atom stereocenters. The molecule has 0 spiro atoms.